The highest BCUT2D eigenvalue weighted by Gasteiger charge is 2.27. The van der Waals surface area contributed by atoms with Crippen LogP contribution in [-0.4, -0.2) is 29.2 Å². The van der Waals surface area contributed by atoms with Gasteiger partial charge in [-0.2, -0.15) is 0 Å². The van der Waals surface area contributed by atoms with Gasteiger partial charge in [0.05, 0.1) is 12.3 Å². The van der Waals surface area contributed by atoms with Gasteiger partial charge in [-0.15, -0.1) is 0 Å². The number of hydrogen-bond donors (Lipinski definition) is 0. The topological polar surface area (TPSA) is 41.9 Å². The highest BCUT2D eigenvalue weighted by atomic mass is 35.5. The Bertz CT molecular complexity index is 825. The zero-order valence-electron chi connectivity index (χ0n) is 14.5. The summed E-state index contributed by atoms with van der Waals surface area (Å²) < 4.78 is 13.9. The van der Waals surface area contributed by atoms with Crippen LogP contribution in [0.5, 0.6) is 0 Å². The van der Waals surface area contributed by atoms with Crippen molar-refractivity contribution in [2.24, 2.45) is 5.16 Å². The van der Waals surface area contributed by atoms with Crippen molar-refractivity contribution in [3.05, 3.63) is 70.5 Å². The lowest BCUT2D eigenvalue weighted by Gasteiger charge is -2.24. The van der Waals surface area contributed by atoms with E-state index in [0.717, 1.165) is 5.56 Å². The van der Waals surface area contributed by atoms with Crippen molar-refractivity contribution < 1.29 is 14.0 Å². The molecule has 2 aromatic carbocycles. The lowest BCUT2D eigenvalue weighted by atomic mass is 10.0. The molecular weight excluding hydrogens is 355 g/mol. The largest absolute Gasteiger partial charge is 0.390 e. The molecule has 0 radical (unpaired) electrons. The number of rotatable bonds is 6. The summed E-state index contributed by atoms with van der Waals surface area (Å²) in [7, 11) is 0. The highest BCUT2D eigenvalue weighted by Crippen LogP contribution is 2.21. The van der Waals surface area contributed by atoms with Gasteiger partial charge in [-0.1, -0.05) is 54.0 Å². The maximum Gasteiger partial charge on any atom is 0.222 e. The third-order valence-electron chi connectivity index (χ3n) is 4.26. The Hall–Kier alpha value is -2.40. The highest BCUT2D eigenvalue weighted by molar-refractivity contribution is 6.30. The molecule has 0 aliphatic carbocycles. The van der Waals surface area contributed by atoms with Gasteiger partial charge in [0, 0.05) is 30.0 Å². The Balaban J connectivity index is 1.67. The first kappa shape index (κ1) is 18.4. The van der Waals surface area contributed by atoms with Crippen molar-refractivity contribution in [3.63, 3.8) is 0 Å². The fourth-order valence-electron chi connectivity index (χ4n) is 2.96. The van der Waals surface area contributed by atoms with Crippen molar-refractivity contribution in [1.29, 1.82) is 0 Å². The number of oxime groups is 1. The molecule has 0 spiro atoms. The van der Waals surface area contributed by atoms with E-state index < -0.39 is 0 Å². The molecule has 0 unspecified atom stereocenters. The molecule has 1 heterocycles. The summed E-state index contributed by atoms with van der Waals surface area (Å²) in [6, 6.07) is 13.9. The molecule has 4 nitrogen and oxygen atoms in total. The van der Waals surface area contributed by atoms with Crippen LogP contribution in [0.3, 0.4) is 0 Å². The zero-order chi connectivity index (χ0) is 18.5. The summed E-state index contributed by atoms with van der Waals surface area (Å²) in [5.74, 6) is -0.302. The fraction of sp³-hybridized carbons (Fsp3) is 0.300. The van der Waals surface area contributed by atoms with Crippen molar-refractivity contribution >= 4 is 23.2 Å². The van der Waals surface area contributed by atoms with E-state index in [-0.39, 0.29) is 17.8 Å². The van der Waals surface area contributed by atoms with Crippen LogP contribution in [0, 0.1) is 5.82 Å². The summed E-state index contributed by atoms with van der Waals surface area (Å²) in [6.45, 7) is 2.66. The fourth-order valence-corrected chi connectivity index (χ4v) is 3.17. The smallest absolute Gasteiger partial charge is 0.222 e. The first-order valence-corrected chi connectivity index (χ1v) is 8.94. The Morgan fingerprint density at radius 3 is 2.85 bits per heavy atom. The monoisotopic (exact) mass is 374 g/mol. The zero-order valence-corrected chi connectivity index (χ0v) is 15.2. The molecule has 1 atom stereocenters. The van der Waals surface area contributed by atoms with Gasteiger partial charge in [0.2, 0.25) is 5.91 Å². The summed E-state index contributed by atoms with van der Waals surface area (Å²) in [5, 5.41) is 4.66. The van der Waals surface area contributed by atoms with E-state index >= 15 is 0 Å². The molecular formula is C20H20ClFN2O2. The molecule has 0 N–H and O–H groups in total. The van der Waals surface area contributed by atoms with E-state index in [0.29, 0.717) is 42.2 Å². The van der Waals surface area contributed by atoms with Gasteiger partial charge in [0.15, 0.2) is 6.10 Å². The molecule has 0 saturated heterocycles. The quantitative estimate of drug-likeness (QED) is 0.751. The van der Waals surface area contributed by atoms with E-state index in [1.54, 1.807) is 29.2 Å². The van der Waals surface area contributed by atoms with Crippen LogP contribution in [0.2, 0.25) is 5.02 Å². The Morgan fingerprint density at radius 1 is 1.31 bits per heavy atom. The van der Waals surface area contributed by atoms with E-state index in [1.807, 2.05) is 25.1 Å². The molecule has 26 heavy (non-hydrogen) atoms. The number of benzene rings is 2. The molecule has 6 heteroatoms. The number of amides is 1. The van der Waals surface area contributed by atoms with Crippen LogP contribution in [0.25, 0.3) is 0 Å². The summed E-state index contributed by atoms with van der Waals surface area (Å²) in [4.78, 5) is 19.5. The summed E-state index contributed by atoms with van der Waals surface area (Å²) >= 11 is 6.03. The van der Waals surface area contributed by atoms with E-state index in [2.05, 4.69) is 5.16 Å². The maximum absolute atomic E-state index is 13.9. The van der Waals surface area contributed by atoms with Crippen molar-refractivity contribution in [1.82, 2.24) is 4.90 Å². The summed E-state index contributed by atoms with van der Waals surface area (Å²) in [5.41, 5.74) is 1.96. The second-order valence-corrected chi connectivity index (χ2v) is 6.64. The number of hydrogen-bond acceptors (Lipinski definition) is 3. The molecule has 1 aliphatic heterocycles. The van der Waals surface area contributed by atoms with Gasteiger partial charge in [0.25, 0.3) is 0 Å². The molecule has 1 amide bonds. The third-order valence-corrected chi connectivity index (χ3v) is 4.49. The van der Waals surface area contributed by atoms with Crippen LogP contribution in [0.1, 0.15) is 30.9 Å². The van der Waals surface area contributed by atoms with Crippen molar-refractivity contribution in [3.8, 4) is 0 Å². The molecule has 0 aromatic heterocycles. The number of halogens is 2. The Kier molecular flexibility index (Phi) is 5.89. The van der Waals surface area contributed by atoms with Gasteiger partial charge in [0.1, 0.15) is 5.82 Å². The average molecular weight is 375 g/mol. The summed E-state index contributed by atoms with van der Waals surface area (Å²) in [6.07, 6.45) is 0.567. The molecule has 0 fully saturated rings. The minimum absolute atomic E-state index is 0.0212. The van der Waals surface area contributed by atoms with Crippen LogP contribution in [0.15, 0.2) is 53.7 Å². The molecule has 1 aliphatic rings. The second-order valence-electron chi connectivity index (χ2n) is 6.21. The Labute approximate surface area is 157 Å². The maximum atomic E-state index is 13.9. The second kappa shape index (κ2) is 8.32. The lowest BCUT2D eigenvalue weighted by molar-refractivity contribution is -0.133. The van der Waals surface area contributed by atoms with Crippen LogP contribution in [-0.2, 0) is 16.2 Å². The van der Waals surface area contributed by atoms with Crippen LogP contribution < -0.4 is 0 Å². The van der Waals surface area contributed by atoms with Gasteiger partial charge in [-0.3, -0.25) is 4.79 Å². The SMILES string of the molecule is CCC(=O)N(Cc1cccc(Cl)c1)C[C@@H]1CC(c2ccccc2F)=NO1. The Morgan fingerprint density at radius 2 is 2.12 bits per heavy atom. The standard InChI is InChI=1S/C20H20ClFN2O2/c1-2-20(25)24(12-14-6-5-7-15(21)10-14)13-16-11-19(23-26-16)17-8-3-4-9-18(17)22/h3-10,16H,2,11-13H2,1H3/t16-/m0/s1. The number of carbonyl (C=O) groups excluding carboxylic acids is 1. The first-order chi connectivity index (χ1) is 12.6. The average Bonchev–Trinajstić information content (AvgIpc) is 3.09. The van der Waals surface area contributed by atoms with E-state index in [1.165, 1.54) is 6.07 Å². The number of nitrogens with zero attached hydrogens (tertiary/aromatic N) is 2. The van der Waals surface area contributed by atoms with Crippen LogP contribution >= 0.6 is 11.6 Å². The predicted molar refractivity (Wildman–Crippen MR) is 99.6 cm³/mol. The normalized spacial score (nSPS) is 16.1. The predicted octanol–water partition coefficient (Wildman–Crippen LogP) is 4.41. The van der Waals surface area contributed by atoms with Crippen molar-refractivity contribution in [2.45, 2.75) is 32.4 Å². The van der Waals surface area contributed by atoms with E-state index in [4.69, 9.17) is 16.4 Å². The van der Waals surface area contributed by atoms with Gasteiger partial charge >= 0.3 is 0 Å². The molecule has 0 saturated carbocycles. The third kappa shape index (κ3) is 4.41. The first-order valence-electron chi connectivity index (χ1n) is 8.56. The van der Waals surface area contributed by atoms with Crippen LogP contribution in [0.4, 0.5) is 4.39 Å². The molecule has 3 rings (SSSR count). The lowest BCUT2D eigenvalue weighted by Crippen LogP contribution is -2.36. The molecule has 136 valence electrons. The van der Waals surface area contributed by atoms with Gasteiger partial charge < -0.3 is 9.74 Å². The van der Waals surface area contributed by atoms with E-state index in [9.17, 15) is 9.18 Å². The number of carbonyl (C=O) groups is 1. The van der Waals surface area contributed by atoms with Crippen molar-refractivity contribution in [2.75, 3.05) is 6.54 Å². The minimum Gasteiger partial charge on any atom is -0.390 e. The van der Waals surface area contributed by atoms with Gasteiger partial charge in [-0.05, 0) is 23.8 Å². The molecule has 0 bridgehead atoms. The van der Waals surface area contributed by atoms with Gasteiger partial charge in [-0.25, -0.2) is 4.39 Å². The molecule has 2 aromatic rings. The minimum atomic E-state index is -0.323.